The lowest BCUT2D eigenvalue weighted by Gasteiger charge is -2.23. The molecule has 0 aromatic heterocycles. The quantitative estimate of drug-likeness (QED) is 0.413. The average molecular weight is 411 g/mol. The Labute approximate surface area is 178 Å². The van der Waals surface area contributed by atoms with Crippen LogP contribution in [0, 0.1) is 0 Å². The fourth-order valence-electron chi connectivity index (χ4n) is 2.68. The maximum absolute atomic E-state index is 12.8. The Balaban J connectivity index is 2.05. The van der Waals surface area contributed by atoms with Gasteiger partial charge >= 0.3 is 6.09 Å². The van der Waals surface area contributed by atoms with E-state index >= 15 is 0 Å². The van der Waals surface area contributed by atoms with Crippen LogP contribution in [-0.2, 0) is 9.53 Å². The van der Waals surface area contributed by atoms with Gasteiger partial charge in [0.2, 0.25) is 5.91 Å². The molecule has 0 aliphatic carbocycles. The van der Waals surface area contributed by atoms with E-state index in [9.17, 15) is 9.59 Å². The second kappa shape index (κ2) is 11.0. The highest BCUT2D eigenvalue weighted by Gasteiger charge is 2.24. The number of carbonyl (C=O) groups is 2. The van der Waals surface area contributed by atoms with Gasteiger partial charge < -0.3 is 20.1 Å². The summed E-state index contributed by atoms with van der Waals surface area (Å²) in [6, 6.07) is 15.8. The van der Waals surface area contributed by atoms with Gasteiger partial charge in [-0.2, -0.15) is 0 Å². The second-order valence-electron chi connectivity index (χ2n) is 7.85. The predicted octanol–water partition coefficient (Wildman–Crippen LogP) is 5.67. The maximum Gasteiger partial charge on any atom is 0.408 e. The van der Waals surface area contributed by atoms with Crippen molar-refractivity contribution in [3.05, 3.63) is 67.3 Å². The van der Waals surface area contributed by atoms with Crippen molar-refractivity contribution in [2.45, 2.75) is 51.7 Å². The molecule has 0 bridgehead atoms. The van der Waals surface area contributed by atoms with Gasteiger partial charge in [-0.1, -0.05) is 30.3 Å². The van der Waals surface area contributed by atoms with E-state index in [0.29, 0.717) is 30.0 Å². The summed E-state index contributed by atoms with van der Waals surface area (Å²) in [4.78, 5) is 25.0. The van der Waals surface area contributed by atoms with Crippen molar-refractivity contribution in [3.8, 4) is 11.5 Å². The Bertz CT molecular complexity index is 844. The molecule has 30 heavy (non-hydrogen) atoms. The van der Waals surface area contributed by atoms with Gasteiger partial charge in [0.1, 0.15) is 23.1 Å². The lowest BCUT2D eigenvalue weighted by molar-refractivity contribution is -0.118. The first kappa shape index (κ1) is 23.0. The second-order valence-corrected chi connectivity index (χ2v) is 7.85. The minimum atomic E-state index is -0.724. The van der Waals surface area contributed by atoms with E-state index in [1.165, 1.54) is 0 Å². The Morgan fingerprint density at radius 1 is 1.07 bits per heavy atom. The molecule has 1 atom stereocenters. The molecular formula is C24H30N2O4. The van der Waals surface area contributed by atoms with Crippen LogP contribution in [0.2, 0.25) is 0 Å². The van der Waals surface area contributed by atoms with Crippen LogP contribution >= 0.6 is 0 Å². The molecule has 0 spiro atoms. The summed E-state index contributed by atoms with van der Waals surface area (Å²) >= 11 is 0. The number of unbranched alkanes of at least 4 members (excludes halogenated alkanes) is 1. The van der Waals surface area contributed by atoms with Gasteiger partial charge in [0.05, 0.1) is 0 Å². The summed E-state index contributed by atoms with van der Waals surface area (Å²) in [7, 11) is 0. The van der Waals surface area contributed by atoms with Gasteiger partial charge in [0.15, 0.2) is 0 Å². The van der Waals surface area contributed by atoms with Crippen LogP contribution in [-0.4, -0.2) is 23.6 Å². The molecule has 6 nitrogen and oxygen atoms in total. The van der Waals surface area contributed by atoms with Crippen LogP contribution in [0.5, 0.6) is 11.5 Å². The monoisotopic (exact) mass is 410 g/mol. The Morgan fingerprint density at radius 3 is 2.43 bits per heavy atom. The molecule has 2 aromatic carbocycles. The summed E-state index contributed by atoms with van der Waals surface area (Å²) < 4.78 is 11.1. The number of rotatable bonds is 9. The number of carbonyl (C=O) groups excluding carboxylic acids is 2. The smallest absolute Gasteiger partial charge is 0.408 e. The lowest BCUT2D eigenvalue weighted by atomic mass is 10.1. The van der Waals surface area contributed by atoms with Gasteiger partial charge in [0, 0.05) is 11.8 Å². The van der Waals surface area contributed by atoms with Crippen LogP contribution < -0.4 is 15.4 Å². The molecule has 2 rings (SSSR count). The molecule has 0 aliphatic heterocycles. The molecular weight excluding hydrogens is 380 g/mol. The highest BCUT2D eigenvalue weighted by atomic mass is 16.6. The minimum absolute atomic E-state index is 0.318. The molecule has 0 saturated heterocycles. The van der Waals surface area contributed by atoms with Gasteiger partial charge in [0.25, 0.3) is 0 Å². The van der Waals surface area contributed by atoms with E-state index in [4.69, 9.17) is 9.47 Å². The van der Waals surface area contributed by atoms with Crippen molar-refractivity contribution >= 4 is 17.7 Å². The molecule has 0 aliphatic rings. The summed E-state index contributed by atoms with van der Waals surface area (Å²) in [5, 5.41) is 5.52. The number of alkyl carbamates (subject to hydrolysis) is 1. The van der Waals surface area contributed by atoms with Crippen LogP contribution in [0.1, 0.15) is 40.0 Å². The third-order valence-corrected chi connectivity index (χ3v) is 3.99. The Kier molecular flexibility index (Phi) is 8.47. The number of allylic oxidation sites excluding steroid dienone is 1. The van der Waals surface area contributed by atoms with Gasteiger partial charge in [-0.25, -0.2) is 4.79 Å². The summed E-state index contributed by atoms with van der Waals surface area (Å²) in [6.07, 6.45) is 3.10. The first-order valence-electron chi connectivity index (χ1n) is 10.0. The first-order valence-corrected chi connectivity index (χ1v) is 10.0. The van der Waals surface area contributed by atoms with Gasteiger partial charge in [-0.15, -0.1) is 6.58 Å². The highest BCUT2D eigenvalue weighted by molar-refractivity contribution is 5.96. The summed E-state index contributed by atoms with van der Waals surface area (Å²) in [5.41, 5.74) is -0.0665. The van der Waals surface area contributed by atoms with Crippen LogP contribution in [0.15, 0.2) is 67.3 Å². The van der Waals surface area contributed by atoms with Crippen LogP contribution in [0.4, 0.5) is 10.5 Å². The maximum atomic E-state index is 12.8. The van der Waals surface area contributed by atoms with Crippen molar-refractivity contribution in [1.29, 1.82) is 0 Å². The molecule has 160 valence electrons. The largest absolute Gasteiger partial charge is 0.457 e. The van der Waals surface area contributed by atoms with Gasteiger partial charge in [-0.05, 0) is 64.3 Å². The fourth-order valence-corrected chi connectivity index (χ4v) is 2.68. The molecule has 1 unspecified atom stereocenters. The van der Waals surface area contributed by atoms with E-state index in [0.717, 1.165) is 6.42 Å². The van der Waals surface area contributed by atoms with Crippen molar-refractivity contribution < 1.29 is 19.1 Å². The van der Waals surface area contributed by atoms with E-state index in [1.807, 2.05) is 36.4 Å². The number of nitrogens with one attached hydrogen (secondary N) is 2. The van der Waals surface area contributed by atoms with E-state index in [2.05, 4.69) is 17.2 Å². The van der Waals surface area contributed by atoms with Crippen molar-refractivity contribution in [2.75, 3.05) is 5.32 Å². The third kappa shape index (κ3) is 8.39. The molecule has 0 radical (unpaired) electrons. The average Bonchev–Trinajstić information content (AvgIpc) is 2.67. The van der Waals surface area contributed by atoms with Crippen molar-refractivity contribution in [1.82, 2.24) is 5.32 Å². The molecule has 0 fully saturated rings. The van der Waals surface area contributed by atoms with Gasteiger partial charge in [-0.3, -0.25) is 4.79 Å². The number of amides is 2. The SMILES string of the molecule is C=CCCCC(NC(=O)OC(C)(C)C)C(=O)Nc1cccc(Oc2ccccc2)c1. The Morgan fingerprint density at radius 2 is 1.77 bits per heavy atom. The molecule has 0 saturated carbocycles. The Hall–Kier alpha value is -3.28. The van der Waals surface area contributed by atoms with E-state index in [-0.39, 0.29) is 5.91 Å². The highest BCUT2D eigenvalue weighted by Crippen LogP contribution is 2.24. The minimum Gasteiger partial charge on any atom is -0.457 e. The van der Waals surface area contributed by atoms with Crippen molar-refractivity contribution in [2.24, 2.45) is 0 Å². The van der Waals surface area contributed by atoms with E-state index in [1.54, 1.807) is 45.0 Å². The molecule has 2 amide bonds. The molecule has 2 N–H and O–H groups in total. The fraction of sp³-hybridized carbons (Fsp3) is 0.333. The van der Waals surface area contributed by atoms with E-state index < -0.39 is 17.7 Å². The number of hydrogen-bond acceptors (Lipinski definition) is 4. The van der Waals surface area contributed by atoms with Crippen LogP contribution in [0.25, 0.3) is 0 Å². The van der Waals surface area contributed by atoms with Crippen LogP contribution in [0.3, 0.4) is 0 Å². The molecule has 2 aromatic rings. The summed E-state index contributed by atoms with van der Waals surface area (Å²) in [5.74, 6) is 0.985. The third-order valence-electron chi connectivity index (χ3n) is 3.99. The predicted molar refractivity (Wildman–Crippen MR) is 119 cm³/mol. The van der Waals surface area contributed by atoms with Crippen molar-refractivity contribution in [3.63, 3.8) is 0 Å². The number of hydrogen-bond donors (Lipinski definition) is 2. The number of para-hydroxylation sites is 1. The molecule has 6 heteroatoms. The summed E-state index contributed by atoms with van der Waals surface area (Å²) in [6.45, 7) is 9.02. The number of anilines is 1. The zero-order valence-corrected chi connectivity index (χ0v) is 17.8. The zero-order valence-electron chi connectivity index (χ0n) is 17.8. The first-order chi connectivity index (χ1) is 14.3. The zero-order chi connectivity index (χ0) is 22.0. The standard InChI is InChI=1S/C24H30N2O4/c1-5-6-8-16-21(26-23(28)30-24(2,3)4)22(27)25-18-12-11-15-20(17-18)29-19-13-9-7-10-14-19/h5,7,9-15,17,21H,1,6,8,16H2,2-4H3,(H,25,27)(H,26,28). The molecule has 0 heterocycles. The number of ether oxygens (including phenoxy) is 2. The lowest BCUT2D eigenvalue weighted by Crippen LogP contribution is -2.45. The number of benzene rings is 2. The normalized spacial score (nSPS) is 11.8. The topological polar surface area (TPSA) is 76.7 Å².